The summed E-state index contributed by atoms with van der Waals surface area (Å²) in [4.78, 5) is 0. The maximum atomic E-state index is 12.6. The number of hydrogen-bond acceptors (Lipinski definition) is 2. The number of hydrogen-bond donors (Lipinski definition) is 1. The Bertz CT molecular complexity index is 410. The van der Waals surface area contributed by atoms with Gasteiger partial charge in [-0.05, 0) is 60.7 Å². The van der Waals surface area contributed by atoms with E-state index in [0.29, 0.717) is 17.5 Å². The average Bonchev–Trinajstić information content (AvgIpc) is 2.75. The molecule has 0 amide bonds. The summed E-state index contributed by atoms with van der Waals surface area (Å²) in [7, 11) is 0. The van der Waals surface area contributed by atoms with Crippen LogP contribution in [-0.2, 0) is 0 Å². The van der Waals surface area contributed by atoms with Crippen molar-refractivity contribution in [3.63, 3.8) is 0 Å². The van der Waals surface area contributed by atoms with Crippen molar-refractivity contribution in [1.82, 2.24) is 5.32 Å². The molecule has 1 saturated carbocycles. The van der Waals surface area contributed by atoms with Crippen molar-refractivity contribution >= 4 is 15.9 Å². The van der Waals surface area contributed by atoms with Crippen LogP contribution >= 0.6 is 15.9 Å². The Hall–Kier alpha value is -0.490. The topological polar surface area (TPSA) is 25.2 Å². The molecule has 0 bridgehead atoms. The van der Waals surface area contributed by atoms with Crippen LogP contribution in [0.25, 0.3) is 0 Å². The minimum Gasteiger partial charge on any atom is -0.453 e. The van der Waals surface area contributed by atoms with Crippen LogP contribution in [0.2, 0.25) is 0 Å². The molecule has 19 heavy (non-hydrogen) atoms. The molecule has 1 aromatic heterocycles. The molecule has 1 aromatic rings. The molecule has 1 fully saturated rings. The van der Waals surface area contributed by atoms with Gasteiger partial charge in [-0.1, -0.05) is 0 Å². The summed E-state index contributed by atoms with van der Waals surface area (Å²) in [6.07, 6.45) is -2.47. The van der Waals surface area contributed by atoms with Gasteiger partial charge in [0.25, 0.3) is 0 Å². The summed E-state index contributed by atoms with van der Waals surface area (Å²) < 4.78 is 43.8. The Morgan fingerprint density at radius 3 is 2.37 bits per heavy atom. The molecular weight excluding hydrogens is 323 g/mol. The molecule has 1 atom stereocenters. The SMILES string of the molecule is CC(NC1CCC(C(F)(F)F)CC1)c1ccc(Br)o1. The third kappa shape index (κ3) is 3.99. The first-order valence-electron chi connectivity index (χ1n) is 6.44. The number of rotatable bonds is 3. The van der Waals surface area contributed by atoms with Crippen LogP contribution in [0.3, 0.4) is 0 Å². The normalized spacial score (nSPS) is 26.4. The molecule has 0 radical (unpaired) electrons. The Balaban J connectivity index is 1.82. The Labute approximate surface area is 118 Å². The molecule has 1 aliphatic rings. The first-order chi connectivity index (χ1) is 8.86. The van der Waals surface area contributed by atoms with Crippen LogP contribution in [0.1, 0.15) is 44.4 Å². The van der Waals surface area contributed by atoms with Gasteiger partial charge in [-0.3, -0.25) is 0 Å². The van der Waals surface area contributed by atoms with E-state index < -0.39 is 12.1 Å². The fraction of sp³-hybridized carbons (Fsp3) is 0.692. The zero-order valence-electron chi connectivity index (χ0n) is 10.6. The largest absolute Gasteiger partial charge is 0.453 e. The van der Waals surface area contributed by atoms with Crippen LogP contribution < -0.4 is 5.32 Å². The van der Waals surface area contributed by atoms with Crippen molar-refractivity contribution in [3.8, 4) is 0 Å². The molecule has 0 saturated heterocycles. The molecule has 2 rings (SSSR count). The van der Waals surface area contributed by atoms with Gasteiger partial charge in [0, 0.05) is 6.04 Å². The highest BCUT2D eigenvalue weighted by Crippen LogP contribution is 2.38. The predicted molar refractivity (Wildman–Crippen MR) is 69.8 cm³/mol. The number of alkyl halides is 3. The molecule has 108 valence electrons. The van der Waals surface area contributed by atoms with E-state index in [1.54, 1.807) is 0 Å². The first-order valence-corrected chi connectivity index (χ1v) is 7.23. The second-order valence-electron chi connectivity index (χ2n) is 5.12. The van der Waals surface area contributed by atoms with E-state index >= 15 is 0 Å². The monoisotopic (exact) mass is 339 g/mol. The van der Waals surface area contributed by atoms with E-state index in [-0.39, 0.29) is 24.9 Å². The second-order valence-corrected chi connectivity index (χ2v) is 5.90. The van der Waals surface area contributed by atoms with Crippen molar-refractivity contribution in [2.75, 3.05) is 0 Å². The van der Waals surface area contributed by atoms with Gasteiger partial charge in [0.2, 0.25) is 0 Å². The molecule has 0 aromatic carbocycles. The molecule has 6 heteroatoms. The standard InChI is InChI=1S/C13H17BrF3NO/c1-8(11-6-7-12(14)19-11)18-10-4-2-9(3-5-10)13(15,16)17/h6-10,18H,2-5H2,1H3. The maximum absolute atomic E-state index is 12.6. The van der Waals surface area contributed by atoms with Gasteiger partial charge >= 0.3 is 6.18 Å². The van der Waals surface area contributed by atoms with E-state index in [2.05, 4.69) is 21.2 Å². The first kappa shape index (κ1) is 14.9. The number of furan rings is 1. The van der Waals surface area contributed by atoms with Gasteiger partial charge in [-0.15, -0.1) is 0 Å². The van der Waals surface area contributed by atoms with Gasteiger partial charge in [-0.25, -0.2) is 0 Å². The van der Waals surface area contributed by atoms with Crippen LogP contribution in [0.15, 0.2) is 21.2 Å². The van der Waals surface area contributed by atoms with E-state index in [9.17, 15) is 13.2 Å². The summed E-state index contributed by atoms with van der Waals surface area (Å²) in [6, 6.07) is 3.83. The smallest absolute Gasteiger partial charge is 0.391 e. The molecule has 1 aliphatic carbocycles. The molecular formula is C13H17BrF3NO. The van der Waals surface area contributed by atoms with Crippen molar-refractivity contribution in [1.29, 1.82) is 0 Å². The number of nitrogens with one attached hydrogen (secondary N) is 1. The Morgan fingerprint density at radius 2 is 1.89 bits per heavy atom. The molecule has 1 unspecified atom stereocenters. The maximum Gasteiger partial charge on any atom is 0.391 e. The third-order valence-electron chi connectivity index (χ3n) is 3.70. The lowest BCUT2D eigenvalue weighted by atomic mass is 9.85. The second kappa shape index (κ2) is 5.87. The lowest BCUT2D eigenvalue weighted by Gasteiger charge is -2.31. The number of halogens is 4. The van der Waals surface area contributed by atoms with Gasteiger partial charge < -0.3 is 9.73 Å². The van der Waals surface area contributed by atoms with Gasteiger partial charge in [0.15, 0.2) is 4.67 Å². The Kier molecular flexibility index (Phi) is 4.61. The minimum absolute atomic E-state index is 0.0127. The zero-order valence-corrected chi connectivity index (χ0v) is 12.2. The van der Waals surface area contributed by atoms with E-state index in [1.807, 2.05) is 19.1 Å². The lowest BCUT2D eigenvalue weighted by molar-refractivity contribution is -0.182. The molecule has 2 nitrogen and oxygen atoms in total. The fourth-order valence-electron chi connectivity index (χ4n) is 2.58. The van der Waals surface area contributed by atoms with Gasteiger partial charge in [-0.2, -0.15) is 13.2 Å². The van der Waals surface area contributed by atoms with E-state index in [1.165, 1.54) is 0 Å². The van der Waals surface area contributed by atoms with E-state index in [0.717, 1.165) is 5.76 Å². The fourth-order valence-corrected chi connectivity index (χ4v) is 2.90. The third-order valence-corrected chi connectivity index (χ3v) is 4.12. The van der Waals surface area contributed by atoms with E-state index in [4.69, 9.17) is 4.42 Å². The van der Waals surface area contributed by atoms with Gasteiger partial charge in [0.05, 0.1) is 12.0 Å². The van der Waals surface area contributed by atoms with Gasteiger partial charge in [0.1, 0.15) is 5.76 Å². The predicted octanol–water partition coefficient (Wildman–Crippen LogP) is 4.81. The van der Waals surface area contributed by atoms with Crippen molar-refractivity contribution in [2.24, 2.45) is 5.92 Å². The van der Waals surface area contributed by atoms with Crippen LogP contribution in [0.5, 0.6) is 0 Å². The molecule has 1 heterocycles. The average molecular weight is 340 g/mol. The molecule has 0 aliphatic heterocycles. The summed E-state index contributed by atoms with van der Waals surface area (Å²) in [5, 5.41) is 3.34. The van der Waals surface area contributed by atoms with Crippen LogP contribution in [0.4, 0.5) is 13.2 Å². The van der Waals surface area contributed by atoms with Crippen molar-refractivity contribution < 1.29 is 17.6 Å². The summed E-state index contributed by atoms with van der Waals surface area (Å²) in [5.74, 6) is -0.330. The van der Waals surface area contributed by atoms with Crippen LogP contribution in [-0.4, -0.2) is 12.2 Å². The highest BCUT2D eigenvalue weighted by atomic mass is 79.9. The zero-order chi connectivity index (χ0) is 14.0. The quantitative estimate of drug-likeness (QED) is 0.854. The highest BCUT2D eigenvalue weighted by Gasteiger charge is 2.41. The summed E-state index contributed by atoms with van der Waals surface area (Å²) in [5.41, 5.74) is 0. The minimum atomic E-state index is -4.04. The molecule has 0 spiro atoms. The van der Waals surface area contributed by atoms with Crippen LogP contribution in [0, 0.1) is 5.92 Å². The van der Waals surface area contributed by atoms with Crippen molar-refractivity contribution in [2.45, 2.75) is 50.9 Å². The highest BCUT2D eigenvalue weighted by molar-refractivity contribution is 9.10. The Morgan fingerprint density at radius 1 is 1.26 bits per heavy atom. The summed E-state index contributed by atoms with van der Waals surface area (Å²) >= 11 is 3.24. The lowest BCUT2D eigenvalue weighted by Crippen LogP contribution is -2.38. The van der Waals surface area contributed by atoms with Crippen molar-refractivity contribution in [3.05, 3.63) is 22.6 Å². The molecule has 1 N–H and O–H groups in total. The summed E-state index contributed by atoms with van der Waals surface area (Å²) in [6.45, 7) is 1.96.